The molecule has 0 saturated heterocycles. The molecule has 0 saturated carbocycles. The predicted molar refractivity (Wildman–Crippen MR) is 52.8 cm³/mol. The zero-order valence-electron chi connectivity index (χ0n) is 12.1. The maximum absolute atomic E-state index is 13.1. The van der Waals surface area contributed by atoms with Gasteiger partial charge in [-0.1, -0.05) is 0 Å². The Balaban J connectivity index is 6.65. The van der Waals surface area contributed by atoms with Gasteiger partial charge >= 0.3 is 47.6 Å². The summed E-state index contributed by atoms with van der Waals surface area (Å²) in [6, 6.07) is -13.2. The van der Waals surface area contributed by atoms with Crippen molar-refractivity contribution >= 4 is 0 Å². The van der Waals surface area contributed by atoms with Crippen molar-refractivity contribution in [2.45, 2.75) is 47.6 Å². The Kier molecular flexibility index (Phi) is 5.87. The van der Waals surface area contributed by atoms with E-state index >= 15 is 0 Å². The van der Waals surface area contributed by atoms with Crippen molar-refractivity contribution in [3.05, 3.63) is 0 Å². The van der Waals surface area contributed by atoms with E-state index in [0.717, 1.165) is 0 Å². The third-order valence-electron chi connectivity index (χ3n) is 3.10. The van der Waals surface area contributed by atoms with Crippen molar-refractivity contribution in [2.24, 2.45) is 5.73 Å². The Hall–Kier alpha value is -1.20. The lowest BCUT2D eigenvalue weighted by Gasteiger charge is -2.43. The average molecular weight is 446 g/mol. The normalized spacial score (nSPS) is 16.7. The number of rotatable bonds is 8. The van der Waals surface area contributed by atoms with Crippen molar-refractivity contribution in [3.63, 3.8) is 0 Å². The molecule has 0 amide bonds. The molecule has 0 bridgehead atoms. The maximum Gasteiger partial charge on any atom is 0.392 e. The molecule has 0 heterocycles. The van der Waals surface area contributed by atoms with Gasteiger partial charge in [-0.2, -0.15) is 70.2 Å². The zero-order chi connectivity index (χ0) is 22.7. The largest absolute Gasteiger partial charge is 0.392 e. The molecular weight excluding hydrogens is 440 g/mol. The zero-order valence-corrected chi connectivity index (χ0v) is 12.1. The molecule has 0 aromatic heterocycles. The fraction of sp³-hybridized carbons (Fsp3) is 1.00. The number of nitrogens with one attached hydrogen (secondary N) is 1. The highest BCUT2D eigenvalue weighted by molar-refractivity contribution is 5.15. The van der Waals surface area contributed by atoms with Crippen LogP contribution in [0.25, 0.3) is 0 Å². The summed E-state index contributed by atoms with van der Waals surface area (Å²) in [6.45, 7) is 0. The topological polar surface area (TPSA) is 38.0 Å². The van der Waals surface area contributed by atoms with Crippen LogP contribution in [0.3, 0.4) is 0 Å². The first kappa shape index (κ1) is 25.8. The Bertz CT molecular complexity index is 547. The van der Waals surface area contributed by atoms with Gasteiger partial charge in [0.1, 0.15) is 0 Å². The van der Waals surface area contributed by atoms with Crippen LogP contribution in [0.2, 0.25) is 0 Å². The van der Waals surface area contributed by atoms with Crippen molar-refractivity contribution in [1.29, 1.82) is 0 Å². The van der Waals surface area contributed by atoms with Crippen LogP contribution in [-0.2, 0) is 0 Å². The van der Waals surface area contributed by atoms with E-state index in [9.17, 15) is 70.2 Å². The molecule has 0 atom stereocenters. The van der Waals surface area contributed by atoms with Crippen molar-refractivity contribution in [3.8, 4) is 0 Å². The Morgan fingerprint density at radius 3 is 0.889 bits per heavy atom. The Morgan fingerprint density at radius 2 is 0.667 bits per heavy atom. The smallest absolute Gasteiger partial charge is 0.267 e. The van der Waals surface area contributed by atoms with Gasteiger partial charge in [0, 0.05) is 0 Å². The van der Waals surface area contributed by atoms with Gasteiger partial charge in [-0.05, 0) is 7.05 Å². The van der Waals surface area contributed by atoms with Gasteiger partial charge in [0.05, 0.1) is 0 Å². The minimum Gasteiger partial charge on any atom is -0.267 e. The highest BCUT2D eigenvalue weighted by Crippen LogP contribution is 2.62. The summed E-state index contributed by atoms with van der Waals surface area (Å²) in [5, 5.41) is -0.0127. The summed E-state index contributed by atoms with van der Waals surface area (Å²) in [4.78, 5) is 0. The molecular formula is C9H6F16N2. The van der Waals surface area contributed by atoms with Crippen molar-refractivity contribution in [1.82, 2.24) is 5.32 Å². The number of halogens is 16. The summed E-state index contributed by atoms with van der Waals surface area (Å²) in [7, 11) is -0.280. The first-order valence-corrected chi connectivity index (χ1v) is 5.81. The molecule has 0 aromatic rings. The molecule has 0 radical (unpaired) electrons. The van der Waals surface area contributed by atoms with Gasteiger partial charge in [-0.3, -0.25) is 11.1 Å². The summed E-state index contributed by atoms with van der Waals surface area (Å²) in [6.07, 6.45) is 0. The summed E-state index contributed by atoms with van der Waals surface area (Å²) >= 11 is 0. The van der Waals surface area contributed by atoms with Crippen LogP contribution >= 0.6 is 0 Å². The van der Waals surface area contributed by atoms with Crippen LogP contribution in [0.4, 0.5) is 70.2 Å². The van der Waals surface area contributed by atoms with Crippen LogP contribution in [0, 0.1) is 0 Å². The van der Waals surface area contributed by atoms with Gasteiger partial charge < -0.3 is 0 Å². The molecule has 27 heavy (non-hydrogen) atoms. The molecule has 0 aliphatic heterocycles. The molecule has 0 fully saturated rings. The number of hydrogen-bond acceptors (Lipinski definition) is 2. The minimum absolute atomic E-state index is 0.0127. The van der Waals surface area contributed by atoms with Gasteiger partial charge in [-0.25, -0.2) is 0 Å². The van der Waals surface area contributed by atoms with Crippen molar-refractivity contribution < 1.29 is 70.2 Å². The molecule has 0 aliphatic carbocycles. The molecule has 18 heteroatoms. The first-order chi connectivity index (χ1) is 11.3. The third-order valence-corrected chi connectivity index (χ3v) is 3.10. The number of hydrogen-bond donors (Lipinski definition) is 2. The van der Waals surface area contributed by atoms with Gasteiger partial charge in [-0.15, -0.1) is 0 Å². The van der Waals surface area contributed by atoms with E-state index in [1.54, 1.807) is 0 Å². The maximum atomic E-state index is 13.1. The van der Waals surface area contributed by atoms with E-state index in [4.69, 9.17) is 0 Å². The van der Waals surface area contributed by atoms with Crippen molar-refractivity contribution in [2.75, 3.05) is 7.05 Å². The van der Waals surface area contributed by atoms with Crippen LogP contribution in [0.15, 0.2) is 0 Å². The third kappa shape index (κ3) is 3.07. The standard InChI is InChI=1S/C9H6F16N2/c1-27-9(24,25)7(20,21)5(16,17)3(12,13)2(10,11)4(14,15)6(18,19)8(22,23)26/h27H,26H2,1H3. The number of nitrogens with two attached hydrogens (primary N) is 1. The van der Waals surface area contributed by atoms with E-state index < -0.39 is 47.6 Å². The fourth-order valence-corrected chi connectivity index (χ4v) is 1.35. The Labute approximate surface area is 137 Å². The molecule has 3 N–H and O–H groups in total. The predicted octanol–water partition coefficient (Wildman–Crippen LogP) is 4.16. The second kappa shape index (κ2) is 6.15. The first-order valence-electron chi connectivity index (χ1n) is 5.81. The van der Waals surface area contributed by atoms with Crippen LogP contribution in [0.5, 0.6) is 0 Å². The Morgan fingerprint density at radius 1 is 0.444 bits per heavy atom. The lowest BCUT2D eigenvalue weighted by atomic mass is 9.90. The molecule has 0 rings (SSSR count). The van der Waals surface area contributed by atoms with E-state index in [0.29, 0.717) is 0 Å². The molecule has 164 valence electrons. The summed E-state index contributed by atoms with van der Waals surface area (Å²) < 4.78 is 205. The summed E-state index contributed by atoms with van der Waals surface area (Å²) in [5.41, 5.74) is 3.12. The second-order valence-corrected chi connectivity index (χ2v) is 4.89. The van der Waals surface area contributed by atoms with E-state index in [2.05, 4.69) is 5.73 Å². The van der Waals surface area contributed by atoms with E-state index in [1.165, 1.54) is 0 Å². The van der Waals surface area contributed by atoms with Gasteiger partial charge in [0.15, 0.2) is 0 Å². The minimum atomic E-state index is -8.43. The van der Waals surface area contributed by atoms with E-state index in [1.807, 2.05) is 0 Å². The number of alkyl halides is 16. The lowest BCUT2D eigenvalue weighted by Crippen LogP contribution is -2.76. The fourth-order valence-electron chi connectivity index (χ4n) is 1.35. The lowest BCUT2D eigenvalue weighted by molar-refractivity contribution is -0.454. The molecule has 0 aromatic carbocycles. The molecule has 0 unspecified atom stereocenters. The van der Waals surface area contributed by atoms with Crippen LogP contribution < -0.4 is 11.1 Å². The van der Waals surface area contributed by atoms with Crippen LogP contribution in [0.1, 0.15) is 0 Å². The van der Waals surface area contributed by atoms with Gasteiger partial charge in [0.25, 0.3) is 0 Å². The molecule has 0 aliphatic rings. The van der Waals surface area contributed by atoms with Crippen LogP contribution in [-0.4, -0.2) is 54.7 Å². The SMILES string of the molecule is CNC(F)(F)C(F)(F)C(F)(F)C(F)(F)C(F)(F)C(F)(F)C(F)(F)C(N)(F)F. The highest BCUT2D eigenvalue weighted by atomic mass is 19.4. The summed E-state index contributed by atoms with van der Waals surface area (Å²) in [5.74, 6) is -48.5. The highest BCUT2D eigenvalue weighted by Gasteiger charge is 2.94. The average Bonchev–Trinajstić information content (AvgIpc) is 2.44. The van der Waals surface area contributed by atoms with Gasteiger partial charge in [0.2, 0.25) is 0 Å². The van der Waals surface area contributed by atoms with E-state index in [-0.39, 0.29) is 12.4 Å². The monoisotopic (exact) mass is 446 g/mol. The molecule has 2 nitrogen and oxygen atoms in total. The molecule has 0 spiro atoms. The second-order valence-electron chi connectivity index (χ2n) is 4.89. The quantitative estimate of drug-likeness (QED) is 0.434.